The zero-order valence-electron chi connectivity index (χ0n) is 9.58. The Morgan fingerprint density at radius 1 is 1.16 bits per heavy atom. The minimum absolute atomic E-state index is 0.0175. The average molecular weight is 343 g/mol. The molecule has 0 aliphatic carbocycles. The third kappa shape index (κ3) is 3.08. The molecule has 3 N–H and O–H groups in total. The Morgan fingerprint density at radius 2 is 1.89 bits per heavy atom. The van der Waals surface area contributed by atoms with Gasteiger partial charge in [-0.15, -0.1) is 0 Å². The van der Waals surface area contributed by atoms with Crippen LogP contribution < -0.4 is 11.1 Å². The molecule has 0 aliphatic rings. The number of benzene rings is 2. The lowest BCUT2D eigenvalue weighted by molar-refractivity contribution is 0.625. The molecule has 0 bridgehead atoms. The first-order chi connectivity index (χ1) is 8.99. The first-order valence-corrected chi connectivity index (χ1v) is 6.49. The van der Waals surface area contributed by atoms with Crippen LogP contribution in [0.15, 0.2) is 40.9 Å². The molecule has 6 heteroatoms. The summed E-state index contributed by atoms with van der Waals surface area (Å²) in [6.45, 7) is 0. The van der Waals surface area contributed by atoms with Crippen molar-refractivity contribution >= 4 is 44.5 Å². The van der Waals surface area contributed by atoms with Gasteiger partial charge >= 0.3 is 0 Å². The molecule has 98 valence electrons. The maximum absolute atomic E-state index is 13.7. The number of nitrogens with one attached hydrogen (secondary N) is 1. The van der Waals surface area contributed by atoms with Crippen molar-refractivity contribution in [3.05, 3.63) is 58.1 Å². The van der Waals surface area contributed by atoms with Gasteiger partial charge < -0.3 is 11.1 Å². The Hall–Kier alpha value is -1.53. The lowest BCUT2D eigenvalue weighted by Gasteiger charge is -2.10. The monoisotopic (exact) mass is 342 g/mol. The number of hydrogen-bond acceptors (Lipinski definition) is 2. The molecular weight excluding hydrogens is 334 g/mol. The predicted molar refractivity (Wildman–Crippen MR) is 79.7 cm³/mol. The Bertz CT molecular complexity index is 626. The summed E-state index contributed by atoms with van der Waals surface area (Å²) < 4.78 is 27.9. The summed E-state index contributed by atoms with van der Waals surface area (Å²) in [6, 6.07) is 8.82. The van der Waals surface area contributed by atoms with Crippen molar-refractivity contribution in [2.45, 2.75) is 0 Å². The fourth-order valence-electron chi connectivity index (χ4n) is 1.55. The second-order valence-electron chi connectivity index (χ2n) is 3.78. The standard InChI is InChI=1S/C13H9BrF2N2S/c14-9-2-1-3-10(15)12(9)18-7-4-5-8(13(17)19)11(16)6-7/h1-6,18H,(H2,17,19). The van der Waals surface area contributed by atoms with Crippen LogP contribution in [0.5, 0.6) is 0 Å². The summed E-state index contributed by atoms with van der Waals surface area (Å²) in [5.74, 6) is -0.988. The van der Waals surface area contributed by atoms with Crippen LogP contribution in [0, 0.1) is 11.6 Å². The normalized spacial score (nSPS) is 10.3. The van der Waals surface area contributed by atoms with Crippen LogP contribution in [-0.2, 0) is 0 Å². The third-order valence-electron chi connectivity index (χ3n) is 2.47. The van der Waals surface area contributed by atoms with Crippen molar-refractivity contribution in [2.24, 2.45) is 5.73 Å². The van der Waals surface area contributed by atoms with Gasteiger partial charge in [-0.2, -0.15) is 0 Å². The fourth-order valence-corrected chi connectivity index (χ4v) is 2.16. The summed E-state index contributed by atoms with van der Waals surface area (Å²) in [7, 11) is 0. The molecule has 0 saturated heterocycles. The minimum Gasteiger partial charge on any atom is -0.389 e. The number of thiocarbonyl (C=S) groups is 1. The van der Waals surface area contributed by atoms with Gasteiger partial charge in [-0.25, -0.2) is 8.78 Å². The van der Waals surface area contributed by atoms with E-state index < -0.39 is 11.6 Å². The molecule has 0 aliphatic heterocycles. The third-order valence-corrected chi connectivity index (χ3v) is 3.35. The highest BCUT2D eigenvalue weighted by atomic mass is 79.9. The van der Waals surface area contributed by atoms with Crippen molar-refractivity contribution < 1.29 is 8.78 Å². The first kappa shape index (κ1) is 13.9. The van der Waals surface area contributed by atoms with Gasteiger partial charge in [-0.3, -0.25) is 0 Å². The molecule has 19 heavy (non-hydrogen) atoms. The number of hydrogen-bond donors (Lipinski definition) is 2. The van der Waals surface area contributed by atoms with E-state index in [4.69, 9.17) is 18.0 Å². The zero-order valence-corrected chi connectivity index (χ0v) is 12.0. The predicted octanol–water partition coefficient (Wildman–Crippen LogP) is 4.11. The summed E-state index contributed by atoms with van der Waals surface area (Å²) >= 11 is 7.94. The number of halogens is 3. The molecule has 0 fully saturated rings. The number of para-hydroxylation sites is 1. The van der Waals surface area contributed by atoms with Gasteiger partial charge in [0.15, 0.2) is 0 Å². The molecule has 0 aromatic heterocycles. The molecular formula is C13H9BrF2N2S. The second-order valence-corrected chi connectivity index (χ2v) is 5.07. The Labute approximate surface area is 122 Å². The van der Waals surface area contributed by atoms with Gasteiger partial charge in [0, 0.05) is 15.7 Å². The van der Waals surface area contributed by atoms with Crippen LogP contribution in [0.1, 0.15) is 5.56 Å². The molecule has 0 saturated carbocycles. The van der Waals surface area contributed by atoms with Crippen molar-refractivity contribution in [3.63, 3.8) is 0 Å². The summed E-state index contributed by atoms with van der Waals surface area (Å²) in [5.41, 5.74) is 6.18. The van der Waals surface area contributed by atoms with Crippen LogP contribution in [-0.4, -0.2) is 4.99 Å². The molecule has 0 atom stereocenters. The molecule has 0 amide bonds. The van der Waals surface area contributed by atoms with E-state index in [0.717, 1.165) is 0 Å². The number of rotatable bonds is 3. The van der Waals surface area contributed by atoms with E-state index in [1.54, 1.807) is 18.2 Å². The Morgan fingerprint density at radius 3 is 2.47 bits per heavy atom. The van der Waals surface area contributed by atoms with E-state index in [1.165, 1.54) is 18.2 Å². The summed E-state index contributed by atoms with van der Waals surface area (Å²) in [5, 5.41) is 2.80. The van der Waals surface area contributed by atoms with Gasteiger partial charge in [0.1, 0.15) is 16.6 Å². The van der Waals surface area contributed by atoms with E-state index in [-0.39, 0.29) is 16.2 Å². The van der Waals surface area contributed by atoms with Crippen LogP contribution in [0.4, 0.5) is 20.2 Å². The van der Waals surface area contributed by atoms with Crippen LogP contribution in [0.2, 0.25) is 0 Å². The molecule has 2 rings (SSSR count). The number of anilines is 2. The van der Waals surface area contributed by atoms with Gasteiger partial charge in [-0.1, -0.05) is 18.3 Å². The molecule has 0 heterocycles. The van der Waals surface area contributed by atoms with Crippen LogP contribution >= 0.6 is 28.1 Å². The largest absolute Gasteiger partial charge is 0.389 e. The van der Waals surface area contributed by atoms with Gasteiger partial charge in [-0.05, 0) is 46.3 Å². The molecule has 2 nitrogen and oxygen atoms in total. The minimum atomic E-state index is -0.551. The lowest BCUT2D eigenvalue weighted by Crippen LogP contribution is -2.11. The van der Waals surface area contributed by atoms with Crippen molar-refractivity contribution in [3.8, 4) is 0 Å². The topological polar surface area (TPSA) is 38.0 Å². The number of nitrogens with two attached hydrogens (primary N) is 1. The Balaban J connectivity index is 2.34. The molecule has 0 spiro atoms. The zero-order chi connectivity index (χ0) is 14.0. The highest BCUT2D eigenvalue weighted by Gasteiger charge is 2.09. The van der Waals surface area contributed by atoms with E-state index in [2.05, 4.69) is 21.2 Å². The molecule has 0 unspecified atom stereocenters. The van der Waals surface area contributed by atoms with E-state index in [0.29, 0.717) is 10.2 Å². The Kier molecular flexibility index (Phi) is 4.11. The quantitative estimate of drug-likeness (QED) is 0.824. The highest BCUT2D eigenvalue weighted by Crippen LogP contribution is 2.29. The lowest BCUT2D eigenvalue weighted by atomic mass is 10.2. The van der Waals surface area contributed by atoms with Crippen LogP contribution in [0.3, 0.4) is 0 Å². The van der Waals surface area contributed by atoms with Gasteiger partial charge in [0.05, 0.1) is 5.69 Å². The maximum Gasteiger partial charge on any atom is 0.147 e. The van der Waals surface area contributed by atoms with Gasteiger partial charge in [0.25, 0.3) is 0 Å². The fraction of sp³-hybridized carbons (Fsp3) is 0. The second kappa shape index (κ2) is 5.63. The van der Waals surface area contributed by atoms with Crippen molar-refractivity contribution in [1.82, 2.24) is 0 Å². The van der Waals surface area contributed by atoms with Gasteiger partial charge in [0.2, 0.25) is 0 Å². The molecule has 0 radical (unpaired) electrons. The van der Waals surface area contributed by atoms with Crippen molar-refractivity contribution in [1.29, 1.82) is 0 Å². The highest BCUT2D eigenvalue weighted by molar-refractivity contribution is 9.10. The average Bonchev–Trinajstić information content (AvgIpc) is 2.33. The SMILES string of the molecule is NC(=S)c1ccc(Nc2c(F)cccc2Br)cc1F. The smallest absolute Gasteiger partial charge is 0.147 e. The van der Waals surface area contributed by atoms with E-state index >= 15 is 0 Å². The first-order valence-electron chi connectivity index (χ1n) is 5.29. The van der Waals surface area contributed by atoms with Crippen molar-refractivity contribution in [2.75, 3.05) is 5.32 Å². The van der Waals surface area contributed by atoms with E-state index in [1.807, 2.05) is 0 Å². The summed E-state index contributed by atoms with van der Waals surface area (Å²) in [6.07, 6.45) is 0. The maximum atomic E-state index is 13.7. The summed E-state index contributed by atoms with van der Waals surface area (Å²) in [4.78, 5) is -0.0175. The molecule has 2 aromatic carbocycles. The van der Waals surface area contributed by atoms with Crippen LogP contribution in [0.25, 0.3) is 0 Å². The molecule has 2 aromatic rings. The van der Waals surface area contributed by atoms with E-state index in [9.17, 15) is 8.78 Å².